The molecule has 0 aliphatic rings. The molecule has 2 N–H and O–H groups in total. The summed E-state index contributed by atoms with van der Waals surface area (Å²) in [5.74, 6) is -1.31. The summed E-state index contributed by atoms with van der Waals surface area (Å²) < 4.78 is 79.0. The largest absolute Gasteiger partial charge is 0.416 e. The van der Waals surface area contributed by atoms with Crippen molar-refractivity contribution in [1.29, 1.82) is 0 Å². The molecule has 0 radical (unpaired) electrons. The molecule has 0 aliphatic carbocycles. The van der Waals surface area contributed by atoms with Crippen LogP contribution in [-0.2, 0) is 17.1 Å². The van der Waals surface area contributed by atoms with Gasteiger partial charge in [-0.2, -0.15) is 26.3 Å². The molecule has 0 fully saturated rings. The molecule has 0 aliphatic heterocycles. The molecule has 0 saturated heterocycles. The molecule has 0 unspecified atom stereocenters. The number of alkyl halides is 6. The zero-order chi connectivity index (χ0) is 22.1. The summed E-state index contributed by atoms with van der Waals surface area (Å²) in [6.45, 7) is 0. The summed E-state index contributed by atoms with van der Waals surface area (Å²) in [6.07, 6.45) is -4.16. The highest BCUT2D eigenvalue weighted by Crippen LogP contribution is 2.38. The Balaban J connectivity index is 2.06. The van der Waals surface area contributed by atoms with E-state index in [1.807, 2.05) is 0 Å². The molecule has 0 spiro atoms. The van der Waals surface area contributed by atoms with E-state index in [0.717, 1.165) is 17.2 Å². The topological polar surface area (TPSA) is 99.6 Å². The molecule has 13 heteroatoms. The Hall–Kier alpha value is -3.77. The Morgan fingerprint density at radius 1 is 0.967 bits per heavy atom. The highest BCUT2D eigenvalue weighted by molar-refractivity contribution is 6.22. The first kappa shape index (κ1) is 21.0. The summed E-state index contributed by atoms with van der Waals surface area (Å²) >= 11 is 0. The van der Waals surface area contributed by atoms with Gasteiger partial charge in [-0.3, -0.25) is 4.79 Å². The van der Waals surface area contributed by atoms with Gasteiger partial charge in [-0.05, 0) is 18.2 Å². The quantitative estimate of drug-likeness (QED) is 0.508. The van der Waals surface area contributed by atoms with Crippen LogP contribution in [0.5, 0.6) is 0 Å². The highest BCUT2D eigenvalue weighted by atomic mass is 19.4. The lowest BCUT2D eigenvalue weighted by Gasteiger charge is -2.13. The number of aromatic nitrogens is 5. The van der Waals surface area contributed by atoms with Crippen molar-refractivity contribution in [3.63, 3.8) is 0 Å². The first-order valence-electron chi connectivity index (χ1n) is 7.93. The zero-order valence-electron chi connectivity index (χ0n) is 14.6. The van der Waals surface area contributed by atoms with Crippen LogP contribution in [0.4, 0.5) is 26.3 Å². The van der Waals surface area contributed by atoms with E-state index in [1.54, 1.807) is 0 Å². The SMILES string of the molecule is NC(=O)C(=Cn1cnc(-c2cc(C(F)(F)F)cc(C(F)(F)F)c2)n1)c1cncnc1. The summed E-state index contributed by atoms with van der Waals surface area (Å²) in [5, 5.41) is 3.82. The number of hydrogen-bond donors (Lipinski definition) is 1. The van der Waals surface area contributed by atoms with E-state index in [4.69, 9.17) is 5.73 Å². The molecule has 30 heavy (non-hydrogen) atoms. The standard InChI is InChI=1S/C17H10F6N6O/c18-16(19,20)11-1-9(2-12(3-11)17(21,22)23)15-27-8-29(28-15)6-13(14(24)30)10-4-25-7-26-5-10/h1-8H,(H2,24,30). The molecule has 3 aromatic rings. The van der Waals surface area contributed by atoms with Gasteiger partial charge in [0.25, 0.3) is 5.91 Å². The Bertz CT molecular complexity index is 1070. The normalized spacial score (nSPS) is 12.8. The van der Waals surface area contributed by atoms with Gasteiger partial charge >= 0.3 is 12.4 Å². The van der Waals surface area contributed by atoms with Crippen molar-refractivity contribution < 1.29 is 31.1 Å². The molecule has 156 valence electrons. The third kappa shape index (κ3) is 4.61. The summed E-state index contributed by atoms with van der Waals surface area (Å²) in [6, 6.07) is 0.998. The van der Waals surface area contributed by atoms with E-state index in [-0.39, 0.29) is 17.2 Å². The molecule has 0 bridgehead atoms. The van der Waals surface area contributed by atoms with Gasteiger partial charge in [0.2, 0.25) is 0 Å². The smallest absolute Gasteiger partial charge is 0.366 e. The van der Waals surface area contributed by atoms with E-state index in [1.165, 1.54) is 18.7 Å². The lowest BCUT2D eigenvalue weighted by Crippen LogP contribution is -2.14. The van der Waals surface area contributed by atoms with E-state index < -0.39 is 40.8 Å². The fourth-order valence-corrected chi connectivity index (χ4v) is 2.40. The molecule has 7 nitrogen and oxygen atoms in total. The number of benzene rings is 1. The molecule has 2 aromatic heterocycles. The van der Waals surface area contributed by atoms with Crippen LogP contribution >= 0.6 is 0 Å². The fourth-order valence-electron chi connectivity index (χ4n) is 2.40. The molecule has 3 rings (SSSR count). The predicted octanol–water partition coefficient (Wildman–Crippen LogP) is 3.26. The van der Waals surface area contributed by atoms with Gasteiger partial charge in [0.05, 0.1) is 16.7 Å². The molecule has 1 aromatic carbocycles. The Morgan fingerprint density at radius 2 is 1.53 bits per heavy atom. The van der Waals surface area contributed by atoms with Crippen LogP contribution in [0.15, 0.2) is 43.2 Å². The van der Waals surface area contributed by atoms with Gasteiger partial charge in [-0.15, -0.1) is 5.10 Å². The lowest BCUT2D eigenvalue weighted by atomic mass is 10.0. The predicted molar refractivity (Wildman–Crippen MR) is 90.9 cm³/mol. The zero-order valence-corrected chi connectivity index (χ0v) is 14.6. The number of amides is 1. The maximum Gasteiger partial charge on any atom is 0.416 e. The number of nitrogens with two attached hydrogens (primary N) is 1. The van der Waals surface area contributed by atoms with Gasteiger partial charge in [-0.25, -0.2) is 19.6 Å². The second-order valence-corrected chi connectivity index (χ2v) is 5.88. The summed E-state index contributed by atoms with van der Waals surface area (Å²) in [7, 11) is 0. The third-order valence-corrected chi connectivity index (χ3v) is 3.75. The van der Waals surface area contributed by atoms with Gasteiger partial charge in [-0.1, -0.05) is 0 Å². The van der Waals surface area contributed by atoms with E-state index >= 15 is 0 Å². The number of rotatable bonds is 4. The fraction of sp³-hybridized carbons (Fsp3) is 0.118. The first-order chi connectivity index (χ1) is 13.9. The Labute approximate surface area is 163 Å². The molecule has 0 atom stereocenters. The van der Waals surface area contributed by atoms with Gasteiger partial charge < -0.3 is 5.73 Å². The minimum atomic E-state index is -5.01. The van der Waals surface area contributed by atoms with Crippen molar-refractivity contribution in [1.82, 2.24) is 24.7 Å². The second-order valence-electron chi connectivity index (χ2n) is 5.88. The van der Waals surface area contributed by atoms with Crippen molar-refractivity contribution in [2.24, 2.45) is 5.73 Å². The monoisotopic (exact) mass is 428 g/mol. The van der Waals surface area contributed by atoms with Crippen molar-refractivity contribution in [3.8, 4) is 11.4 Å². The van der Waals surface area contributed by atoms with Gasteiger partial charge in [0.1, 0.15) is 12.7 Å². The third-order valence-electron chi connectivity index (χ3n) is 3.75. The summed E-state index contributed by atoms with van der Waals surface area (Å²) in [5.41, 5.74) is 1.90. The van der Waals surface area contributed by atoms with E-state index in [9.17, 15) is 31.1 Å². The number of nitrogens with zero attached hydrogens (tertiary/aromatic N) is 5. The molecular weight excluding hydrogens is 418 g/mol. The number of carbonyl (C=O) groups is 1. The second kappa shape index (κ2) is 7.57. The van der Waals surface area contributed by atoms with E-state index in [0.29, 0.717) is 12.1 Å². The minimum Gasteiger partial charge on any atom is -0.366 e. The van der Waals surface area contributed by atoms with Crippen LogP contribution in [0.3, 0.4) is 0 Å². The Morgan fingerprint density at radius 3 is 2.03 bits per heavy atom. The lowest BCUT2D eigenvalue weighted by molar-refractivity contribution is -0.143. The van der Waals surface area contributed by atoms with Crippen molar-refractivity contribution in [3.05, 3.63) is 59.9 Å². The summed E-state index contributed by atoms with van der Waals surface area (Å²) in [4.78, 5) is 22.9. The van der Waals surface area contributed by atoms with Crippen molar-refractivity contribution >= 4 is 17.7 Å². The molecular formula is C17H10F6N6O. The average molecular weight is 428 g/mol. The average Bonchev–Trinajstić information content (AvgIpc) is 3.13. The molecule has 0 saturated carbocycles. The number of primary amides is 1. The minimum absolute atomic E-state index is 0.000986. The van der Waals surface area contributed by atoms with Crippen molar-refractivity contribution in [2.75, 3.05) is 0 Å². The van der Waals surface area contributed by atoms with Crippen LogP contribution < -0.4 is 5.73 Å². The van der Waals surface area contributed by atoms with Crippen LogP contribution in [0, 0.1) is 0 Å². The van der Waals surface area contributed by atoms with Crippen LogP contribution in [0.25, 0.3) is 23.2 Å². The van der Waals surface area contributed by atoms with E-state index in [2.05, 4.69) is 20.1 Å². The maximum atomic E-state index is 13.0. The Kier molecular flexibility index (Phi) is 5.29. The molecule has 1 amide bonds. The number of hydrogen-bond acceptors (Lipinski definition) is 5. The van der Waals surface area contributed by atoms with Gasteiger partial charge in [0, 0.05) is 29.7 Å². The highest BCUT2D eigenvalue weighted by Gasteiger charge is 2.37. The van der Waals surface area contributed by atoms with Crippen LogP contribution in [-0.4, -0.2) is 30.6 Å². The molecule has 2 heterocycles. The number of carbonyl (C=O) groups excluding carboxylic acids is 1. The van der Waals surface area contributed by atoms with Crippen molar-refractivity contribution in [2.45, 2.75) is 12.4 Å². The number of halogens is 6. The van der Waals surface area contributed by atoms with Crippen LogP contribution in [0.1, 0.15) is 16.7 Å². The maximum absolute atomic E-state index is 13.0. The van der Waals surface area contributed by atoms with Crippen LogP contribution in [0.2, 0.25) is 0 Å². The first-order valence-corrected chi connectivity index (χ1v) is 7.93. The van der Waals surface area contributed by atoms with Gasteiger partial charge in [0.15, 0.2) is 5.82 Å².